The molecule has 0 amide bonds. The number of hydrogen-bond acceptors (Lipinski definition) is 1. The van der Waals surface area contributed by atoms with Crippen LogP contribution in [0.4, 0.5) is 0 Å². The van der Waals surface area contributed by atoms with E-state index in [9.17, 15) is 0 Å². The van der Waals surface area contributed by atoms with Gasteiger partial charge in [-0.25, -0.2) is 0 Å². The highest BCUT2D eigenvalue weighted by atomic mass is 16.5. The summed E-state index contributed by atoms with van der Waals surface area (Å²) >= 11 is 0. The van der Waals surface area contributed by atoms with E-state index < -0.39 is 0 Å². The Morgan fingerprint density at radius 3 is 2.82 bits per heavy atom. The van der Waals surface area contributed by atoms with E-state index in [-0.39, 0.29) is 0 Å². The molecule has 0 bridgehead atoms. The van der Waals surface area contributed by atoms with Gasteiger partial charge >= 0.3 is 0 Å². The maximum absolute atomic E-state index is 5.28. The van der Waals surface area contributed by atoms with Gasteiger partial charge in [0, 0.05) is 0 Å². The molecule has 1 heteroatoms. The van der Waals surface area contributed by atoms with Crippen LogP contribution in [0.5, 0.6) is 5.75 Å². The Morgan fingerprint density at radius 1 is 1.27 bits per heavy atom. The highest BCUT2D eigenvalue weighted by Gasteiger charge is 2.13. The van der Waals surface area contributed by atoms with Crippen LogP contribution in [0.2, 0.25) is 0 Å². The van der Waals surface area contributed by atoms with Crippen LogP contribution < -0.4 is 4.74 Å². The molecule has 0 heterocycles. The zero-order chi connectivity index (χ0) is 15.8. The first-order chi connectivity index (χ1) is 10.7. The minimum atomic E-state index is 0.716. The van der Waals surface area contributed by atoms with Crippen molar-refractivity contribution in [2.75, 3.05) is 7.11 Å². The lowest BCUT2D eigenvalue weighted by Gasteiger charge is -2.12. The topological polar surface area (TPSA) is 9.23 Å². The Morgan fingerprint density at radius 2 is 2.14 bits per heavy atom. The molecule has 1 aromatic carbocycles. The summed E-state index contributed by atoms with van der Waals surface area (Å²) in [5, 5.41) is 0. The summed E-state index contributed by atoms with van der Waals surface area (Å²) in [6, 6.07) is 8.39. The molecule has 1 aromatic rings. The molecule has 0 saturated carbocycles. The van der Waals surface area contributed by atoms with E-state index in [0.717, 1.165) is 18.6 Å². The van der Waals surface area contributed by atoms with E-state index in [1.807, 2.05) is 6.07 Å². The molecule has 0 spiro atoms. The molecule has 1 aliphatic rings. The van der Waals surface area contributed by atoms with E-state index in [0.29, 0.717) is 5.92 Å². The largest absolute Gasteiger partial charge is 0.497 e. The second-order valence-corrected chi connectivity index (χ2v) is 6.43. The van der Waals surface area contributed by atoms with Gasteiger partial charge in [0.2, 0.25) is 0 Å². The fourth-order valence-electron chi connectivity index (χ4n) is 3.26. The van der Waals surface area contributed by atoms with Crippen LogP contribution in [-0.4, -0.2) is 7.11 Å². The summed E-state index contributed by atoms with van der Waals surface area (Å²) in [5.41, 5.74) is 4.74. The summed E-state index contributed by atoms with van der Waals surface area (Å²) < 4.78 is 5.28. The molecule has 0 radical (unpaired) electrons. The van der Waals surface area contributed by atoms with Gasteiger partial charge in [0.25, 0.3) is 0 Å². The molecule has 0 aromatic heterocycles. The quantitative estimate of drug-likeness (QED) is 0.527. The summed E-state index contributed by atoms with van der Waals surface area (Å²) in [6.45, 7) is 4.63. The molecular formula is C21H30O. The van der Waals surface area contributed by atoms with Gasteiger partial charge in [-0.2, -0.15) is 0 Å². The zero-order valence-corrected chi connectivity index (χ0v) is 14.4. The fraction of sp³-hybridized carbons (Fsp3) is 0.524. The molecule has 22 heavy (non-hydrogen) atoms. The second kappa shape index (κ2) is 8.82. The van der Waals surface area contributed by atoms with Gasteiger partial charge in [0.1, 0.15) is 5.75 Å². The molecule has 1 atom stereocenters. The third kappa shape index (κ3) is 5.05. The molecule has 1 nitrogen and oxygen atoms in total. The average molecular weight is 298 g/mol. The van der Waals surface area contributed by atoms with Crippen molar-refractivity contribution in [1.82, 2.24) is 0 Å². The lowest BCUT2D eigenvalue weighted by atomic mass is 9.94. The van der Waals surface area contributed by atoms with Crippen LogP contribution in [-0.2, 0) is 6.42 Å². The monoisotopic (exact) mass is 298 g/mol. The number of ether oxygens (including phenoxy) is 1. The van der Waals surface area contributed by atoms with Crippen LogP contribution in [0.3, 0.4) is 0 Å². The number of rotatable bonds is 8. The molecule has 0 saturated heterocycles. The predicted octanol–water partition coefficient (Wildman–Crippen LogP) is 6.10. The van der Waals surface area contributed by atoms with E-state index in [1.165, 1.54) is 37.7 Å². The molecule has 2 rings (SSSR count). The number of allylic oxidation sites excluding steroid dienone is 4. The Kier molecular flexibility index (Phi) is 6.76. The Hall–Kier alpha value is -1.50. The lowest BCUT2D eigenvalue weighted by molar-refractivity contribution is 0.414. The van der Waals surface area contributed by atoms with E-state index >= 15 is 0 Å². The number of methoxy groups -OCH3 is 1. The standard InChI is InChI=1S/C21H30O/c1-4-18(15-20-13-7-9-17(20)2)10-5-6-11-19-12-8-14-21(16-19)22-3/h5,8,10,12,14,16,18H,4,6-7,9,11,13,15H2,1-3H3. The molecule has 0 N–H and O–H groups in total. The van der Waals surface area contributed by atoms with Crippen molar-refractivity contribution >= 4 is 0 Å². The van der Waals surface area contributed by atoms with Gasteiger partial charge in [-0.15, -0.1) is 0 Å². The van der Waals surface area contributed by atoms with Crippen LogP contribution in [0.25, 0.3) is 0 Å². The Bertz CT molecular complexity index is 524. The first kappa shape index (κ1) is 16.9. The van der Waals surface area contributed by atoms with Gasteiger partial charge in [0.05, 0.1) is 7.11 Å². The number of benzene rings is 1. The maximum atomic E-state index is 5.28. The van der Waals surface area contributed by atoms with Crippen LogP contribution in [0.1, 0.15) is 57.9 Å². The molecule has 0 aliphatic heterocycles. The summed E-state index contributed by atoms with van der Waals surface area (Å²) in [4.78, 5) is 0. The van der Waals surface area contributed by atoms with Crippen molar-refractivity contribution in [2.45, 2.75) is 58.8 Å². The van der Waals surface area contributed by atoms with Crippen molar-refractivity contribution in [2.24, 2.45) is 5.92 Å². The Labute approximate surface area is 136 Å². The third-order valence-electron chi connectivity index (χ3n) is 4.81. The fourth-order valence-corrected chi connectivity index (χ4v) is 3.26. The third-order valence-corrected chi connectivity index (χ3v) is 4.81. The highest BCUT2D eigenvalue weighted by molar-refractivity contribution is 5.28. The van der Waals surface area contributed by atoms with Gasteiger partial charge in [-0.05, 0) is 75.5 Å². The van der Waals surface area contributed by atoms with E-state index in [4.69, 9.17) is 4.74 Å². The smallest absolute Gasteiger partial charge is 0.119 e. The van der Waals surface area contributed by atoms with Crippen LogP contribution >= 0.6 is 0 Å². The summed E-state index contributed by atoms with van der Waals surface area (Å²) in [6.07, 6.45) is 13.6. The van der Waals surface area contributed by atoms with Crippen molar-refractivity contribution in [1.29, 1.82) is 0 Å². The van der Waals surface area contributed by atoms with Crippen molar-refractivity contribution in [3.05, 3.63) is 53.1 Å². The summed E-state index contributed by atoms with van der Waals surface area (Å²) in [5.74, 6) is 1.67. The van der Waals surface area contributed by atoms with Crippen molar-refractivity contribution in [3.8, 4) is 5.75 Å². The first-order valence-corrected chi connectivity index (χ1v) is 8.70. The van der Waals surface area contributed by atoms with Gasteiger partial charge in [0.15, 0.2) is 0 Å². The maximum Gasteiger partial charge on any atom is 0.119 e. The Balaban J connectivity index is 1.81. The molecule has 0 fully saturated rings. The predicted molar refractivity (Wildman–Crippen MR) is 95.4 cm³/mol. The number of aryl methyl sites for hydroxylation is 1. The SMILES string of the molecule is CCC(C=CCCc1cccc(OC)c1)CC1=C(C)CCC1. The molecule has 1 aliphatic carbocycles. The van der Waals surface area contributed by atoms with Crippen LogP contribution in [0.15, 0.2) is 47.6 Å². The minimum Gasteiger partial charge on any atom is -0.497 e. The minimum absolute atomic E-state index is 0.716. The lowest BCUT2D eigenvalue weighted by Crippen LogP contribution is -1.97. The molecule has 1 unspecified atom stereocenters. The van der Waals surface area contributed by atoms with Crippen molar-refractivity contribution in [3.63, 3.8) is 0 Å². The van der Waals surface area contributed by atoms with Gasteiger partial charge in [-0.3, -0.25) is 0 Å². The summed E-state index contributed by atoms with van der Waals surface area (Å²) in [7, 11) is 1.73. The van der Waals surface area contributed by atoms with Gasteiger partial charge < -0.3 is 4.74 Å². The normalized spacial score (nSPS) is 16.5. The number of hydrogen-bond donors (Lipinski definition) is 0. The van der Waals surface area contributed by atoms with Gasteiger partial charge in [-0.1, -0.05) is 42.4 Å². The second-order valence-electron chi connectivity index (χ2n) is 6.43. The van der Waals surface area contributed by atoms with E-state index in [1.54, 1.807) is 18.3 Å². The van der Waals surface area contributed by atoms with Crippen molar-refractivity contribution < 1.29 is 4.74 Å². The van der Waals surface area contributed by atoms with Crippen LogP contribution in [0, 0.1) is 5.92 Å². The average Bonchev–Trinajstić information content (AvgIpc) is 2.95. The molecule has 120 valence electrons. The zero-order valence-electron chi connectivity index (χ0n) is 14.4. The molecular weight excluding hydrogens is 268 g/mol. The van der Waals surface area contributed by atoms with E-state index in [2.05, 4.69) is 44.2 Å². The highest BCUT2D eigenvalue weighted by Crippen LogP contribution is 2.31. The first-order valence-electron chi connectivity index (χ1n) is 8.70.